The molecule has 0 aliphatic carbocycles. The molecule has 7 heteroatoms. The Kier molecular flexibility index (Phi) is 4.42. The summed E-state index contributed by atoms with van der Waals surface area (Å²) in [5.41, 5.74) is 0.0353. The van der Waals surface area contributed by atoms with Crippen molar-refractivity contribution in [2.75, 3.05) is 19.0 Å². The highest BCUT2D eigenvalue weighted by atomic mass is 19.3. The van der Waals surface area contributed by atoms with E-state index in [9.17, 15) is 17.6 Å². The van der Waals surface area contributed by atoms with Crippen molar-refractivity contribution in [1.82, 2.24) is 0 Å². The van der Waals surface area contributed by atoms with Gasteiger partial charge in [-0.3, -0.25) is 0 Å². The molecule has 1 aromatic rings. The molecule has 0 aliphatic rings. The van der Waals surface area contributed by atoms with E-state index < -0.39 is 13.2 Å². The maximum atomic E-state index is 12.1. The van der Waals surface area contributed by atoms with E-state index in [0.717, 1.165) is 0 Å². The van der Waals surface area contributed by atoms with Gasteiger partial charge in [-0.15, -0.1) is 0 Å². The Hall–Kier alpha value is -1.66. The summed E-state index contributed by atoms with van der Waals surface area (Å²) in [5, 5.41) is 0. The lowest BCUT2D eigenvalue weighted by atomic mass is 10.2. The first-order chi connectivity index (χ1) is 7.91. The average Bonchev–Trinajstić information content (AvgIpc) is 2.14. The molecular weight excluding hydrogens is 242 g/mol. The molecule has 0 unspecified atom stereocenters. The second-order valence-corrected chi connectivity index (χ2v) is 3.25. The molecule has 0 saturated carbocycles. The SMILES string of the molecule is CN(C)c1c(OC(F)F)cccc1OC(F)F. The van der Waals surface area contributed by atoms with Crippen LogP contribution in [0.5, 0.6) is 11.5 Å². The summed E-state index contributed by atoms with van der Waals surface area (Å²) in [6, 6.07) is 3.79. The molecule has 0 aliphatic heterocycles. The highest BCUT2D eigenvalue weighted by molar-refractivity contribution is 5.67. The first-order valence-electron chi connectivity index (χ1n) is 4.61. The molecule has 3 nitrogen and oxygen atoms in total. The van der Waals surface area contributed by atoms with Gasteiger partial charge in [-0.05, 0) is 12.1 Å². The van der Waals surface area contributed by atoms with Crippen LogP contribution in [0.2, 0.25) is 0 Å². The fraction of sp³-hybridized carbons (Fsp3) is 0.400. The van der Waals surface area contributed by atoms with Crippen molar-refractivity contribution in [3.63, 3.8) is 0 Å². The molecule has 0 aromatic heterocycles. The van der Waals surface area contributed by atoms with Crippen LogP contribution in [0.4, 0.5) is 23.2 Å². The predicted octanol–water partition coefficient (Wildman–Crippen LogP) is 2.96. The molecule has 0 heterocycles. The lowest BCUT2D eigenvalue weighted by molar-refractivity contribution is -0.0535. The van der Waals surface area contributed by atoms with E-state index in [0.29, 0.717) is 0 Å². The lowest BCUT2D eigenvalue weighted by Crippen LogP contribution is -2.15. The number of hydrogen-bond acceptors (Lipinski definition) is 3. The largest absolute Gasteiger partial charge is 0.432 e. The fourth-order valence-electron chi connectivity index (χ4n) is 1.33. The standard InChI is InChI=1S/C10H11F4NO2/c1-15(2)8-6(16-9(11)12)4-3-5-7(8)17-10(13)14/h3-5,9-10H,1-2H3. The summed E-state index contributed by atoms with van der Waals surface area (Å²) in [7, 11) is 3.01. The first-order valence-corrected chi connectivity index (χ1v) is 4.61. The number of anilines is 1. The van der Waals surface area contributed by atoms with Crippen LogP contribution in [0.1, 0.15) is 0 Å². The Bertz CT molecular complexity index is 343. The van der Waals surface area contributed by atoms with Crippen LogP contribution in [0.15, 0.2) is 18.2 Å². The maximum absolute atomic E-state index is 12.1. The van der Waals surface area contributed by atoms with Crippen LogP contribution in [0.25, 0.3) is 0 Å². The van der Waals surface area contributed by atoms with Crippen LogP contribution in [0, 0.1) is 0 Å². The van der Waals surface area contributed by atoms with E-state index >= 15 is 0 Å². The second-order valence-electron chi connectivity index (χ2n) is 3.25. The number of benzene rings is 1. The van der Waals surface area contributed by atoms with Crippen molar-refractivity contribution in [2.45, 2.75) is 13.2 Å². The molecule has 0 radical (unpaired) electrons. The van der Waals surface area contributed by atoms with Gasteiger partial charge < -0.3 is 14.4 Å². The minimum atomic E-state index is -3.03. The van der Waals surface area contributed by atoms with E-state index in [1.807, 2.05) is 0 Å². The van der Waals surface area contributed by atoms with Crippen LogP contribution >= 0.6 is 0 Å². The van der Waals surface area contributed by atoms with Gasteiger partial charge in [0.25, 0.3) is 0 Å². The molecule has 0 fully saturated rings. The van der Waals surface area contributed by atoms with Gasteiger partial charge in [-0.1, -0.05) is 6.07 Å². The van der Waals surface area contributed by atoms with Gasteiger partial charge in [-0.2, -0.15) is 17.6 Å². The Labute approximate surface area is 95.5 Å². The number of hydrogen-bond donors (Lipinski definition) is 0. The zero-order valence-corrected chi connectivity index (χ0v) is 9.16. The number of para-hydroxylation sites is 1. The Morgan fingerprint density at radius 1 is 0.941 bits per heavy atom. The molecule has 0 bridgehead atoms. The number of alkyl halides is 4. The fourth-order valence-corrected chi connectivity index (χ4v) is 1.33. The monoisotopic (exact) mass is 253 g/mol. The minimum absolute atomic E-state index is 0.0353. The average molecular weight is 253 g/mol. The zero-order valence-electron chi connectivity index (χ0n) is 9.16. The number of rotatable bonds is 5. The van der Waals surface area contributed by atoms with Gasteiger partial charge in [0.1, 0.15) is 5.69 Å². The molecule has 0 atom stereocenters. The third-order valence-electron chi connectivity index (χ3n) is 1.84. The maximum Gasteiger partial charge on any atom is 0.387 e. The third kappa shape index (κ3) is 3.69. The molecule has 0 amide bonds. The summed E-state index contributed by atoms with van der Waals surface area (Å²) in [6.45, 7) is -6.06. The summed E-state index contributed by atoms with van der Waals surface area (Å²) < 4.78 is 57.0. The van der Waals surface area contributed by atoms with Crippen molar-refractivity contribution >= 4 is 5.69 Å². The van der Waals surface area contributed by atoms with Gasteiger partial charge in [0.2, 0.25) is 0 Å². The van der Waals surface area contributed by atoms with Crippen molar-refractivity contribution < 1.29 is 27.0 Å². The molecule has 17 heavy (non-hydrogen) atoms. The molecule has 1 rings (SSSR count). The third-order valence-corrected chi connectivity index (χ3v) is 1.84. The van der Waals surface area contributed by atoms with E-state index in [-0.39, 0.29) is 17.2 Å². The molecule has 0 spiro atoms. The van der Waals surface area contributed by atoms with Gasteiger partial charge in [0.05, 0.1) is 0 Å². The van der Waals surface area contributed by atoms with Gasteiger partial charge in [0, 0.05) is 14.1 Å². The molecule has 1 aromatic carbocycles. The zero-order chi connectivity index (χ0) is 13.0. The van der Waals surface area contributed by atoms with Gasteiger partial charge in [-0.25, -0.2) is 0 Å². The predicted molar refractivity (Wildman–Crippen MR) is 54.0 cm³/mol. The van der Waals surface area contributed by atoms with E-state index in [2.05, 4.69) is 9.47 Å². The lowest BCUT2D eigenvalue weighted by Gasteiger charge is -2.20. The van der Waals surface area contributed by atoms with Crippen LogP contribution in [0.3, 0.4) is 0 Å². The van der Waals surface area contributed by atoms with Gasteiger partial charge >= 0.3 is 13.2 Å². The Morgan fingerprint density at radius 3 is 1.65 bits per heavy atom. The first kappa shape index (κ1) is 13.4. The van der Waals surface area contributed by atoms with E-state index in [1.165, 1.54) is 37.2 Å². The van der Waals surface area contributed by atoms with Crippen molar-refractivity contribution in [2.24, 2.45) is 0 Å². The smallest absolute Gasteiger partial charge is 0.387 e. The van der Waals surface area contributed by atoms with Crippen molar-refractivity contribution in [1.29, 1.82) is 0 Å². The number of halogens is 4. The van der Waals surface area contributed by atoms with Crippen LogP contribution in [-0.2, 0) is 0 Å². The van der Waals surface area contributed by atoms with Gasteiger partial charge in [0.15, 0.2) is 11.5 Å². The quantitative estimate of drug-likeness (QED) is 0.753. The van der Waals surface area contributed by atoms with Crippen LogP contribution in [-0.4, -0.2) is 27.3 Å². The molecular formula is C10H11F4NO2. The normalized spacial score (nSPS) is 10.8. The van der Waals surface area contributed by atoms with Crippen LogP contribution < -0.4 is 14.4 Å². The summed E-state index contributed by atoms with van der Waals surface area (Å²) in [4.78, 5) is 1.36. The molecule has 0 N–H and O–H groups in total. The highest BCUT2D eigenvalue weighted by Crippen LogP contribution is 2.38. The highest BCUT2D eigenvalue weighted by Gasteiger charge is 2.18. The minimum Gasteiger partial charge on any atom is -0.432 e. The topological polar surface area (TPSA) is 21.7 Å². The van der Waals surface area contributed by atoms with Crippen molar-refractivity contribution in [3.8, 4) is 11.5 Å². The van der Waals surface area contributed by atoms with E-state index in [4.69, 9.17) is 0 Å². The summed E-state index contributed by atoms with van der Waals surface area (Å²) >= 11 is 0. The number of ether oxygens (including phenoxy) is 2. The summed E-state index contributed by atoms with van der Waals surface area (Å²) in [5.74, 6) is -0.439. The Morgan fingerprint density at radius 2 is 1.35 bits per heavy atom. The van der Waals surface area contributed by atoms with E-state index in [1.54, 1.807) is 0 Å². The number of nitrogens with zero attached hydrogens (tertiary/aromatic N) is 1. The Balaban J connectivity index is 3.12. The molecule has 0 saturated heterocycles. The summed E-state index contributed by atoms with van der Waals surface area (Å²) in [6.07, 6.45) is 0. The second kappa shape index (κ2) is 5.60. The van der Waals surface area contributed by atoms with Crippen molar-refractivity contribution in [3.05, 3.63) is 18.2 Å². The molecule has 96 valence electrons.